The van der Waals surface area contributed by atoms with Crippen LogP contribution in [0.25, 0.3) is 10.8 Å². The molecule has 0 heterocycles. The van der Waals surface area contributed by atoms with Gasteiger partial charge in [0.05, 0.1) is 11.1 Å². The smallest absolute Gasteiger partial charge is 0.276 e. The molecule has 1 aliphatic rings. The number of benzene rings is 5. The third-order valence-electron chi connectivity index (χ3n) is 7.64. The van der Waals surface area contributed by atoms with Crippen molar-refractivity contribution in [2.75, 3.05) is 0 Å². The Morgan fingerprint density at radius 3 is 1.15 bits per heavy atom. The van der Waals surface area contributed by atoms with E-state index in [0.29, 0.717) is 33.8 Å². The van der Waals surface area contributed by atoms with E-state index in [9.17, 15) is 9.59 Å². The molecule has 0 amide bonds. The lowest BCUT2D eigenvalue weighted by Crippen LogP contribution is -2.49. The molecule has 5 aromatic carbocycles. The lowest BCUT2D eigenvalue weighted by Gasteiger charge is -2.33. The standard InChI is InChI=1S/C34H30O4Si2/c1-39(2,23-15-7-5-8-16-23)37-33-27-21-13-14-22-28(27)34(38-40(3,4)24-17-9-6-10-18-24)30-29(33)31(35)25-19-11-12-20-26(25)32(30)36/h5-22H,1-4H3. The molecule has 198 valence electrons. The fourth-order valence-corrected chi connectivity index (χ4v) is 9.15. The number of fused-ring (bicyclic) bond motifs is 3. The lowest BCUT2D eigenvalue weighted by molar-refractivity contribution is 0.0976. The van der Waals surface area contributed by atoms with Gasteiger partial charge in [0.1, 0.15) is 11.5 Å². The van der Waals surface area contributed by atoms with Gasteiger partial charge in [-0.25, -0.2) is 0 Å². The van der Waals surface area contributed by atoms with Gasteiger partial charge in [-0.15, -0.1) is 0 Å². The molecular formula is C34H30O4Si2. The van der Waals surface area contributed by atoms with Crippen LogP contribution in [0.2, 0.25) is 26.2 Å². The number of ketones is 2. The van der Waals surface area contributed by atoms with Crippen LogP contribution in [0.4, 0.5) is 0 Å². The molecule has 0 aliphatic heterocycles. The van der Waals surface area contributed by atoms with E-state index in [1.807, 2.05) is 60.7 Å². The fourth-order valence-electron chi connectivity index (χ4n) is 5.48. The monoisotopic (exact) mass is 558 g/mol. The van der Waals surface area contributed by atoms with Crippen molar-refractivity contribution in [3.05, 3.63) is 131 Å². The van der Waals surface area contributed by atoms with E-state index in [1.54, 1.807) is 24.3 Å². The van der Waals surface area contributed by atoms with Crippen LogP contribution >= 0.6 is 0 Å². The molecule has 0 fully saturated rings. The van der Waals surface area contributed by atoms with Crippen molar-refractivity contribution in [1.82, 2.24) is 0 Å². The molecule has 6 heteroatoms. The van der Waals surface area contributed by atoms with Crippen molar-refractivity contribution >= 4 is 49.3 Å². The van der Waals surface area contributed by atoms with Gasteiger partial charge in [-0.2, -0.15) is 0 Å². The highest BCUT2D eigenvalue weighted by molar-refractivity contribution is 6.85. The minimum atomic E-state index is -2.55. The van der Waals surface area contributed by atoms with Crippen molar-refractivity contribution < 1.29 is 18.4 Å². The van der Waals surface area contributed by atoms with Gasteiger partial charge in [0.15, 0.2) is 11.6 Å². The highest BCUT2D eigenvalue weighted by Crippen LogP contribution is 2.46. The molecule has 5 aromatic rings. The van der Waals surface area contributed by atoms with Crippen molar-refractivity contribution in [2.24, 2.45) is 0 Å². The van der Waals surface area contributed by atoms with Gasteiger partial charge >= 0.3 is 0 Å². The van der Waals surface area contributed by atoms with Crippen LogP contribution in [0.15, 0.2) is 109 Å². The average molecular weight is 559 g/mol. The van der Waals surface area contributed by atoms with Crippen LogP contribution in [-0.4, -0.2) is 28.2 Å². The van der Waals surface area contributed by atoms with Crippen molar-refractivity contribution in [1.29, 1.82) is 0 Å². The summed E-state index contributed by atoms with van der Waals surface area (Å²) in [6.07, 6.45) is 0. The molecule has 40 heavy (non-hydrogen) atoms. The highest BCUT2D eigenvalue weighted by Gasteiger charge is 2.41. The maximum Gasteiger partial charge on any atom is 0.276 e. The van der Waals surface area contributed by atoms with Gasteiger partial charge in [0.2, 0.25) is 0 Å². The second kappa shape index (κ2) is 9.73. The Balaban J connectivity index is 1.65. The maximum absolute atomic E-state index is 14.3. The van der Waals surface area contributed by atoms with E-state index in [2.05, 4.69) is 50.5 Å². The fraction of sp³-hybridized carbons (Fsp3) is 0.118. The molecule has 0 saturated heterocycles. The normalized spacial score (nSPS) is 13.1. The van der Waals surface area contributed by atoms with E-state index in [4.69, 9.17) is 8.85 Å². The summed E-state index contributed by atoms with van der Waals surface area (Å²) in [5, 5.41) is 3.74. The number of hydrogen-bond donors (Lipinski definition) is 0. The Hall–Kier alpha value is -4.27. The molecule has 0 saturated carbocycles. The highest BCUT2D eigenvalue weighted by atomic mass is 28.4. The van der Waals surface area contributed by atoms with E-state index < -0.39 is 16.6 Å². The Morgan fingerprint density at radius 1 is 0.450 bits per heavy atom. The molecular weight excluding hydrogens is 529 g/mol. The molecule has 0 radical (unpaired) electrons. The molecule has 0 bridgehead atoms. The summed E-state index contributed by atoms with van der Waals surface area (Å²) in [6.45, 7) is 8.45. The Morgan fingerprint density at radius 2 is 0.775 bits per heavy atom. The quantitative estimate of drug-likeness (QED) is 0.216. The topological polar surface area (TPSA) is 52.6 Å². The van der Waals surface area contributed by atoms with Crippen LogP contribution in [0.1, 0.15) is 31.8 Å². The molecule has 0 spiro atoms. The zero-order valence-corrected chi connectivity index (χ0v) is 25.0. The molecule has 0 aromatic heterocycles. The van der Waals surface area contributed by atoms with Crippen LogP contribution < -0.4 is 19.2 Å². The molecule has 4 nitrogen and oxygen atoms in total. The van der Waals surface area contributed by atoms with Crippen LogP contribution in [-0.2, 0) is 0 Å². The van der Waals surface area contributed by atoms with Gasteiger partial charge in [0, 0.05) is 21.9 Å². The molecule has 0 atom stereocenters. The second-order valence-corrected chi connectivity index (χ2v) is 18.7. The van der Waals surface area contributed by atoms with E-state index in [-0.39, 0.29) is 11.6 Å². The Bertz CT molecular complexity index is 1650. The third-order valence-corrected chi connectivity index (χ3v) is 12.5. The minimum absolute atomic E-state index is 0.215. The van der Waals surface area contributed by atoms with Gasteiger partial charge in [0.25, 0.3) is 16.6 Å². The maximum atomic E-state index is 14.3. The van der Waals surface area contributed by atoms with Gasteiger partial charge in [-0.1, -0.05) is 109 Å². The predicted molar refractivity (Wildman–Crippen MR) is 166 cm³/mol. The summed E-state index contributed by atoms with van der Waals surface area (Å²) >= 11 is 0. The van der Waals surface area contributed by atoms with E-state index >= 15 is 0 Å². The molecule has 6 rings (SSSR count). The number of rotatable bonds is 6. The Labute approximate surface area is 236 Å². The first-order chi connectivity index (χ1) is 19.2. The van der Waals surface area contributed by atoms with E-state index in [1.165, 1.54) is 0 Å². The summed E-state index contributed by atoms with van der Waals surface area (Å²) in [5.74, 6) is 0.497. The SMILES string of the molecule is C[Si](C)(Oc1c2c(c(O[Si](C)(C)c3ccccc3)c3ccccc13)C(=O)c1ccccc1C2=O)c1ccccc1. The summed E-state index contributed by atoms with van der Waals surface area (Å²) < 4.78 is 13.8. The van der Waals surface area contributed by atoms with Gasteiger partial charge in [-0.3, -0.25) is 9.59 Å². The summed E-state index contributed by atoms with van der Waals surface area (Å²) in [6, 6.07) is 35.0. The first-order valence-electron chi connectivity index (χ1n) is 13.5. The first kappa shape index (κ1) is 26.0. The van der Waals surface area contributed by atoms with Gasteiger partial charge < -0.3 is 8.85 Å². The van der Waals surface area contributed by atoms with Crippen LogP contribution in [0.5, 0.6) is 11.5 Å². The van der Waals surface area contributed by atoms with Crippen molar-refractivity contribution in [3.63, 3.8) is 0 Å². The zero-order chi connectivity index (χ0) is 28.1. The lowest BCUT2D eigenvalue weighted by atomic mass is 9.81. The first-order valence-corrected chi connectivity index (χ1v) is 19.3. The minimum Gasteiger partial charge on any atom is -0.539 e. The number of carbonyl (C=O) groups is 2. The molecule has 0 unspecified atom stereocenters. The number of hydrogen-bond acceptors (Lipinski definition) is 4. The van der Waals surface area contributed by atoms with E-state index in [0.717, 1.165) is 21.1 Å². The summed E-state index contributed by atoms with van der Waals surface area (Å²) in [5.41, 5.74) is 1.38. The Kier molecular flexibility index (Phi) is 6.32. The average Bonchev–Trinajstić information content (AvgIpc) is 2.97. The van der Waals surface area contributed by atoms with Crippen LogP contribution in [0.3, 0.4) is 0 Å². The van der Waals surface area contributed by atoms with Crippen molar-refractivity contribution in [2.45, 2.75) is 26.2 Å². The van der Waals surface area contributed by atoms with Crippen molar-refractivity contribution in [3.8, 4) is 11.5 Å². The largest absolute Gasteiger partial charge is 0.539 e. The summed E-state index contributed by atoms with van der Waals surface area (Å²) in [7, 11) is -5.10. The van der Waals surface area contributed by atoms with Gasteiger partial charge in [-0.05, 0) is 36.6 Å². The molecule has 1 aliphatic carbocycles. The predicted octanol–water partition coefficient (Wildman–Crippen LogP) is 6.60. The van der Waals surface area contributed by atoms with Crippen LogP contribution in [0, 0.1) is 0 Å². The third kappa shape index (κ3) is 4.30. The zero-order valence-electron chi connectivity index (χ0n) is 23.0. The number of carbonyl (C=O) groups excluding carboxylic acids is 2. The summed E-state index contributed by atoms with van der Waals surface area (Å²) in [4.78, 5) is 28.5. The molecule has 0 N–H and O–H groups in total. The second-order valence-electron chi connectivity index (χ2n) is 11.1.